The highest BCUT2D eigenvalue weighted by molar-refractivity contribution is 5.52. The largest absolute Gasteiger partial charge is 0.299 e. The van der Waals surface area contributed by atoms with E-state index in [4.69, 9.17) is 0 Å². The molecule has 2 fully saturated rings. The first-order valence-electron chi connectivity index (χ1n) is 11.9. The fraction of sp³-hybridized carbons (Fsp3) is 0.778. The highest BCUT2D eigenvalue weighted by Gasteiger charge is 2.73. The molecule has 1 aliphatic heterocycles. The van der Waals surface area contributed by atoms with Gasteiger partial charge in [0.25, 0.3) is 0 Å². The maximum atomic E-state index is 2.75. The third kappa shape index (κ3) is 2.23. The van der Waals surface area contributed by atoms with E-state index in [0.717, 1.165) is 5.92 Å². The average molecular weight is 384 g/mol. The first kappa shape index (κ1) is 21.9. The smallest absolute Gasteiger partial charge is 0.0224 e. The monoisotopic (exact) mass is 383 g/mol. The molecule has 158 valence electrons. The molecule has 2 bridgehead atoms. The Morgan fingerprint density at radius 2 is 1.61 bits per heavy atom. The Morgan fingerprint density at radius 1 is 1.00 bits per heavy atom. The molecular formula is C27H45N. The van der Waals surface area contributed by atoms with Crippen molar-refractivity contribution >= 4 is 0 Å². The van der Waals surface area contributed by atoms with E-state index < -0.39 is 0 Å². The predicted molar refractivity (Wildman–Crippen MR) is 123 cm³/mol. The summed E-state index contributed by atoms with van der Waals surface area (Å²) in [6, 6.07) is 8.38. The zero-order valence-corrected chi connectivity index (χ0v) is 20.5. The summed E-state index contributed by atoms with van der Waals surface area (Å²) in [6.07, 6.45) is 2.73. The van der Waals surface area contributed by atoms with Crippen molar-refractivity contribution in [1.29, 1.82) is 0 Å². The molecule has 3 aliphatic rings. The zero-order valence-electron chi connectivity index (χ0n) is 20.5. The van der Waals surface area contributed by atoms with E-state index in [2.05, 4.69) is 85.5 Å². The molecule has 0 aromatic heterocycles. The molecule has 7 atom stereocenters. The minimum atomic E-state index is 0.251. The average Bonchev–Trinajstić information content (AvgIpc) is 2.65. The number of aryl methyl sites for hydroxylation is 1. The number of likely N-dealkylation sites (tertiary alicyclic amines) is 1. The molecule has 1 aromatic rings. The lowest BCUT2D eigenvalue weighted by molar-refractivity contribution is -0.204. The summed E-state index contributed by atoms with van der Waals surface area (Å²) in [5.74, 6) is 2.01. The second kappa shape index (κ2) is 6.86. The first-order valence-corrected chi connectivity index (χ1v) is 11.9. The van der Waals surface area contributed by atoms with Crippen molar-refractivity contribution in [1.82, 2.24) is 4.90 Å². The summed E-state index contributed by atoms with van der Waals surface area (Å²) in [7, 11) is 2.41. The van der Waals surface area contributed by atoms with Crippen molar-refractivity contribution in [3.63, 3.8) is 0 Å². The van der Waals surface area contributed by atoms with E-state index in [1.165, 1.54) is 18.4 Å². The molecule has 1 heteroatoms. The summed E-state index contributed by atoms with van der Waals surface area (Å²) in [4.78, 5) is 2.75. The van der Waals surface area contributed by atoms with Gasteiger partial charge in [-0.05, 0) is 79.0 Å². The van der Waals surface area contributed by atoms with E-state index >= 15 is 0 Å². The van der Waals surface area contributed by atoms with Crippen LogP contribution in [0.2, 0.25) is 0 Å². The Morgan fingerprint density at radius 3 is 2.21 bits per heavy atom. The highest BCUT2D eigenvalue weighted by atomic mass is 15.2. The molecule has 1 aromatic carbocycles. The fourth-order valence-electron chi connectivity index (χ4n) is 8.62. The maximum absolute atomic E-state index is 2.75. The van der Waals surface area contributed by atoms with Gasteiger partial charge in [0.05, 0.1) is 0 Å². The molecule has 1 saturated carbocycles. The van der Waals surface area contributed by atoms with Crippen LogP contribution in [0.1, 0.15) is 97.8 Å². The lowest BCUT2D eigenvalue weighted by atomic mass is 9.31. The molecule has 2 aliphatic carbocycles. The lowest BCUT2D eigenvalue weighted by Crippen LogP contribution is -2.77. The van der Waals surface area contributed by atoms with Gasteiger partial charge >= 0.3 is 0 Å². The van der Waals surface area contributed by atoms with Crippen molar-refractivity contribution < 1.29 is 0 Å². The van der Waals surface area contributed by atoms with Crippen molar-refractivity contribution in [3.05, 3.63) is 34.9 Å². The van der Waals surface area contributed by atoms with Gasteiger partial charge in [-0.2, -0.15) is 0 Å². The number of nitrogens with zero attached hydrogens (tertiary/aromatic N) is 1. The SMILES string of the molecule is CC.Cc1cccc2c1[C@]13C(C)C(C)N(C)[C@H](C2C)C1(C)CCC(C)C3(C)C. The number of piperidine rings is 1. The maximum Gasteiger partial charge on any atom is 0.0224 e. The number of hydrogen-bond acceptors (Lipinski definition) is 1. The number of rotatable bonds is 0. The molecule has 5 unspecified atom stereocenters. The van der Waals surface area contributed by atoms with Crippen molar-refractivity contribution in [2.45, 2.75) is 105 Å². The lowest BCUT2D eigenvalue weighted by Gasteiger charge is -2.76. The molecule has 1 nitrogen and oxygen atoms in total. The van der Waals surface area contributed by atoms with Crippen LogP contribution in [-0.2, 0) is 5.41 Å². The summed E-state index contributed by atoms with van der Waals surface area (Å²) < 4.78 is 0. The Hall–Kier alpha value is -0.820. The van der Waals surface area contributed by atoms with Crippen LogP contribution in [0.4, 0.5) is 0 Å². The van der Waals surface area contributed by atoms with Gasteiger partial charge in [0.1, 0.15) is 0 Å². The van der Waals surface area contributed by atoms with E-state index in [0.29, 0.717) is 34.7 Å². The fourth-order valence-corrected chi connectivity index (χ4v) is 8.62. The molecule has 0 spiro atoms. The second-order valence-corrected chi connectivity index (χ2v) is 10.9. The van der Waals surface area contributed by atoms with Crippen LogP contribution in [0.15, 0.2) is 18.2 Å². The Kier molecular flexibility index (Phi) is 5.36. The van der Waals surface area contributed by atoms with Crippen LogP contribution in [0.25, 0.3) is 0 Å². The van der Waals surface area contributed by atoms with Gasteiger partial charge in [-0.15, -0.1) is 0 Å². The van der Waals surface area contributed by atoms with E-state index in [1.54, 1.807) is 11.1 Å². The molecule has 28 heavy (non-hydrogen) atoms. The quantitative estimate of drug-likeness (QED) is 0.458. The topological polar surface area (TPSA) is 3.24 Å². The summed E-state index contributed by atoms with van der Waals surface area (Å²) in [5, 5.41) is 0. The molecule has 4 rings (SSSR count). The summed E-state index contributed by atoms with van der Waals surface area (Å²) in [5.41, 5.74) is 5.79. The molecule has 1 heterocycles. The molecular weight excluding hydrogens is 338 g/mol. The standard InChI is InChI=1S/C25H39N.C2H6/c1-15-11-10-12-20-17(3)22-24(8)14-13-16(2)23(6,7)25(24,21(15)20)18(4)19(5)26(22)9;1-2/h10-12,16-19,22H,13-14H2,1-9H3;1-2H3/t16?,17?,18?,19?,22-,24?,25+;/m1./s1. The molecule has 0 radical (unpaired) electrons. The molecule has 0 amide bonds. The Balaban J connectivity index is 0.00000109. The summed E-state index contributed by atoms with van der Waals surface area (Å²) >= 11 is 0. The number of benzene rings is 1. The van der Waals surface area contributed by atoms with E-state index in [1.807, 2.05) is 13.8 Å². The number of fused-ring (bicyclic) bond motifs is 1. The highest BCUT2D eigenvalue weighted by Crippen LogP contribution is 2.74. The van der Waals surface area contributed by atoms with Gasteiger partial charge < -0.3 is 0 Å². The van der Waals surface area contributed by atoms with Crippen molar-refractivity contribution in [3.8, 4) is 0 Å². The number of hydrogen-bond donors (Lipinski definition) is 0. The van der Waals surface area contributed by atoms with Crippen LogP contribution in [-0.4, -0.2) is 24.0 Å². The van der Waals surface area contributed by atoms with Gasteiger partial charge in [-0.1, -0.05) is 73.6 Å². The van der Waals surface area contributed by atoms with Crippen LogP contribution in [0, 0.1) is 29.6 Å². The van der Waals surface area contributed by atoms with Crippen LogP contribution < -0.4 is 0 Å². The minimum absolute atomic E-state index is 0.251. The van der Waals surface area contributed by atoms with Gasteiger partial charge in [0.15, 0.2) is 0 Å². The third-order valence-corrected chi connectivity index (χ3v) is 10.0. The second-order valence-electron chi connectivity index (χ2n) is 10.9. The minimum Gasteiger partial charge on any atom is -0.299 e. The van der Waals surface area contributed by atoms with Gasteiger partial charge in [-0.3, -0.25) is 4.90 Å². The van der Waals surface area contributed by atoms with Crippen molar-refractivity contribution in [2.24, 2.45) is 22.7 Å². The van der Waals surface area contributed by atoms with Crippen LogP contribution in [0.5, 0.6) is 0 Å². The predicted octanol–water partition coefficient (Wildman–Crippen LogP) is 7.18. The van der Waals surface area contributed by atoms with Crippen molar-refractivity contribution in [2.75, 3.05) is 7.05 Å². The molecule has 1 saturated heterocycles. The van der Waals surface area contributed by atoms with Crippen LogP contribution in [0.3, 0.4) is 0 Å². The normalized spacial score (nSPS) is 44.0. The first-order chi connectivity index (χ1) is 13.0. The van der Waals surface area contributed by atoms with Gasteiger partial charge in [0.2, 0.25) is 0 Å². The van der Waals surface area contributed by atoms with E-state index in [-0.39, 0.29) is 5.41 Å². The zero-order chi connectivity index (χ0) is 21.2. The Bertz CT molecular complexity index is 734. The van der Waals surface area contributed by atoms with Gasteiger partial charge in [-0.25, -0.2) is 0 Å². The Labute approximate surface area is 175 Å². The third-order valence-electron chi connectivity index (χ3n) is 10.0. The molecule has 0 N–H and O–H groups in total. The van der Waals surface area contributed by atoms with E-state index in [9.17, 15) is 0 Å². The van der Waals surface area contributed by atoms with Crippen LogP contribution >= 0.6 is 0 Å². The summed E-state index contributed by atoms with van der Waals surface area (Å²) in [6.45, 7) is 24.3. The van der Waals surface area contributed by atoms with Gasteiger partial charge in [0, 0.05) is 17.5 Å². The number of likely N-dealkylation sites (N-methyl/N-ethyl adjacent to an activating group) is 1.